The Hall–Kier alpha value is -2.76. The lowest BCUT2D eigenvalue weighted by atomic mass is 10.00. The first-order valence-corrected chi connectivity index (χ1v) is 6.72. The topological polar surface area (TPSA) is 58.2 Å². The van der Waals surface area contributed by atoms with Crippen molar-refractivity contribution in [2.24, 2.45) is 0 Å². The number of hydrogen-bond acceptors (Lipinski definition) is 2. The van der Waals surface area contributed by atoms with Gasteiger partial charge in [-0.25, -0.2) is 8.78 Å². The molecular formula is C16H12F2N2O2. The molecule has 22 heavy (non-hydrogen) atoms. The molecule has 0 atom stereocenters. The standard InChI is InChI=1S/C16H12F2N2O2/c17-12-4-3-11(8-13(12)18)19-16(22)10-1-5-14-9(7-10)2-6-15(21)20-14/h1,3-5,7-8H,2,6H2,(H,19,22)(H,20,21). The van der Waals surface area contributed by atoms with Crippen molar-refractivity contribution in [3.63, 3.8) is 0 Å². The van der Waals surface area contributed by atoms with Gasteiger partial charge in [0.15, 0.2) is 11.6 Å². The third-order valence-corrected chi connectivity index (χ3v) is 3.44. The van der Waals surface area contributed by atoms with Gasteiger partial charge < -0.3 is 10.6 Å². The van der Waals surface area contributed by atoms with Gasteiger partial charge in [-0.15, -0.1) is 0 Å². The van der Waals surface area contributed by atoms with E-state index in [0.717, 1.165) is 17.7 Å². The summed E-state index contributed by atoms with van der Waals surface area (Å²) in [6.45, 7) is 0. The van der Waals surface area contributed by atoms with E-state index in [1.54, 1.807) is 18.2 Å². The van der Waals surface area contributed by atoms with E-state index in [-0.39, 0.29) is 11.6 Å². The number of nitrogens with one attached hydrogen (secondary N) is 2. The average molecular weight is 302 g/mol. The van der Waals surface area contributed by atoms with E-state index in [4.69, 9.17) is 0 Å². The molecule has 1 aliphatic rings. The second-order valence-electron chi connectivity index (χ2n) is 5.00. The van der Waals surface area contributed by atoms with Crippen molar-refractivity contribution in [2.45, 2.75) is 12.8 Å². The van der Waals surface area contributed by atoms with Gasteiger partial charge in [0.1, 0.15) is 0 Å². The van der Waals surface area contributed by atoms with Crippen molar-refractivity contribution >= 4 is 23.2 Å². The molecule has 0 bridgehead atoms. The summed E-state index contributed by atoms with van der Waals surface area (Å²) in [7, 11) is 0. The Balaban J connectivity index is 1.80. The second-order valence-corrected chi connectivity index (χ2v) is 5.00. The molecule has 3 rings (SSSR count). The number of aryl methyl sites for hydroxylation is 1. The van der Waals surface area contributed by atoms with Gasteiger partial charge in [0.05, 0.1) is 0 Å². The summed E-state index contributed by atoms with van der Waals surface area (Å²) in [5.74, 6) is -2.47. The van der Waals surface area contributed by atoms with Crippen molar-refractivity contribution in [3.05, 3.63) is 59.2 Å². The molecule has 4 nitrogen and oxygen atoms in total. The summed E-state index contributed by atoms with van der Waals surface area (Å²) in [6.07, 6.45) is 0.939. The van der Waals surface area contributed by atoms with Crippen LogP contribution in [0.2, 0.25) is 0 Å². The molecule has 2 amide bonds. The number of fused-ring (bicyclic) bond motifs is 1. The molecule has 0 unspecified atom stereocenters. The molecule has 1 heterocycles. The highest BCUT2D eigenvalue weighted by Gasteiger charge is 2.17. The smallest absolute Gasteiger partial charge is 0.255 e. The molecule has 0 aliphatic carbocycles. The van der Waals surface area contributed by atoms with E-state index in [2.05, 4.69) is 10.6 Å². The lowest BCUT2D eigenvalue weighted by molar-refractivity contribution is -0.116. The van der Waals surface area contributed by atoms with Gasteiger partial charge in [-0.05, 0) is 42.3 Å². The van der Waals surface area contributed by atoms with Gasteiger partial charge in [-0.2, -0.15) is 0 Å². The number of halogens is 2. The first-order chi connectivity index (χ1) is 10.5. The largest absolute Gasteiger partial charge is 0.326 e. The summed E-state index contributed by atoms with van der Waals surface area (Å²) >= 11 is 0. The molecule has 6 heteroatoms. The van der Waals surface area contributed by atoms with Gasteiger partial charge in [0.25, 0.3) is 5.91 Å². The Morgan fingerprint density at radius 1 is 1.05 bits per heavy atom. The van der Waals surface area contributed by atoms with Crippen LogP contribution >= 0.6 is 0 Å². The Bertz CT molecular complexity index is 775. The van der Waals surface area contributed by atoms with Crippen molar-refractivity contribution in [3.8, 4) is 0 Å². The van der Waals surface area contributed by atoms with Crippen LogP contribution in [0, 0.1) is 11.6 Å². The van der Waals surface area contributed by atoms with Crippen LogP contribution in [0.1, 0.15) is 22.3 Å². The highest BCUT2D eigenvalue weighted by molar-refractivity contribution is 6.05. The van der Waals surface area contributed by atoms with Crippen molar-refractivity contribution in [1.29, 1.82) is 0 Å². The van der Waals surface area contributed by atoms with Crippen LogP contribution in [0.4, 0.5) is 20.2 Å². The van der Waals surface area contributed by atoms with Crippen molar-refractivity contribution in [2.75, 3.05) is 10.6 Å². The summed E-state index contributed by atoms with van der Waals surface area (Å²) in [5, 5.41) is 5.24. The minimum atomic E-state index is -1.02. The number of carbonyl (C=O) groups excluding carboxylic acids is 2. The van der Waals surface area contributed by atoms with Crippen LogP contribution in [0.15, 0.2) is 36.4 Å². The number of rotatable bonds is 2. The summed E-state index contributed by atoms with van der Waals surface area (Å²) in [4.78, 5) is 23.4. The van der Waals surface area contributed by atoms with Crippen LogP contribution in [-0.4, -0.2) is 11.8 Å². The molecule has 0 fully saturated rings. The minimum absolute atomic E-state index is 0.0495. The molecule has 112 valence electrons. The molecular weight excluding hydrogens is 290 g/mol. The van der Waals surface area contributed by atoms with Gasteiger partial charge in [0.2, 0.25) is 5.91 Å². The monoisotopic (exact) mass is 302 g/mol. The molecule has 0 spiro atoms. The predicted octanol–water partition coefficient (Wildman–Crippen LogP) is 3.10. The fourth-order valence-electron chi connectivity index (χ4n) is 2.30. The van der Waals surface area contributed by atoms with E-state index in [1.165, 1.54) is 6.07 Å². The first-order valence-electron chi connectivity index (χ1n) is 6.72. The zero-order valence-corrected chi connectivity index (χ0v) is 11.5. The highest BCUT2D eigenvalue weighted by Crippen LogP contribution is 2.24. The molecule has 2 aromatic rings. The number of amides is 2. The zero-order chi connectivity index (χ0) is 15.7. The van der Waals surface area contributed by atoms with Crippen molar-refractivity contribution < 1.29 is 18.4 Å². The molecule has 0 radical (unpaired) electrons. The van der Waals surface area contributed by atoms with Crippen LogP contribution in [0.25, 0.3) is 0 Å². The number of hydrogen-bond donors (Lipinski definition) is 2. The van der Waals surface area contributed by atoms with Crippen LogP contribution in [0.3, 0.4) is 0 Å². The Kier molecular flexibility index (Phi) is 3.58. The van der Waals surface area contributed by atoms with Gasteiger partial charge in [-0.1, -0.05) is 0 Å². The normalized spacial score (nSPS) is 13.3. The number of benzene rings is 2. The second kappa shape index (κ2) is 5.55. The summed E-state index contributed by atoms with van der Waals surface area (Å²) < 4.78 is 26.0. The quantitative estimate of drug-likeness (QED) is 0.895. The van der Waals surface area contributed by atoms with E-state index in [0.29, 0.717) is 24.1 Å². The van der Waals surface area contributed by atoms with E-state index < -0.39 is 17.5 Å². The Morgan fingerprint density at radius 3 is 2.64 bits per heavy atom. The van der Waals surface area contributed by atoms with Gasteiger partial charge in [-0.3, -0.25) is 9.59 Å². The fraction of sp³-hybridized carbons (Fsp3) is 0.125. The van der Waals surface area contributed by atoms with Crippen LogP contribution in [0.5, 0.6) is 0 Å². The summed E-state index contributed by atoms with van der Waals surface area (Å²) in [6, 6.07) is 8.07. The molecule has 2 N–H and O–H groups in total. The predicted molar refractivity (Wildman–Crippen MR) is 77.7 cm³/mol. The molecule has 2 aromatic carbocycles. The van der Waals surface area contributed by atoms with E-state index in [9.17, 15) is 18.4 Å². The molecule has 0 aromatic heterocycles. The fourth-order valence-corrected chi connectivity index (χ4v) is 2.30. The van der Waals surface area contributed by atoms with Gasteiger partial charge in [0, 0.05) is 29.4 Å². The van der Waals surface area contributed by atoms with Gasteiger partial charge >= 0.3 is 0 Å². The van der Waals surface area contributed by atoms with E-state index in [1.807, 2.05) is 0 Å². The molecule has 0 saturated heterocycles. The molecule has 0 saturated carbocycles. The SMILES string of the molecule is O=C1CCc2cc(C(=O)Nc3ccc(F)c(F)c3)ccc2N1. The lowest BCUT2D eigenvalue weighted by Crippen LogP contribution is -2.20. The zero-order valence-electron chi connectivity index (χ0n) is 11.5. The van der Waals surface area contributed by atoms with Crippen LogP contribution < -0.4 is 10.6 Å². The third kappa shape index (κ3) is 2.81. The van der Waals surface area contributed by atoms with Crippen LogP contribution in [-0.2, 0) is 11.2 Å². The third-order valence-electron chi connectivity index (χ3n) is 3.44. The number of anilines is 2. The maximum Gasteiger partial charge on any atom is 0.255 e. The average Bonchev–Trinajstić information content (AvgIpc) is 2.50. The van der Waals surface area contributed by atoms with Crippen molar-refractivity contribution in [1.82, 2.24) is 0 Å². The van der Waals surface area contributed by atoms with E-state index >= 15 is 0 Å². The maximum absolute atomic E-state index is 13.1. The minimum Gasteiger partial charge on any atom is -0.326 e. The highest BCUT2D eigenvalue weighted by atomic mass is 19.2. The maximum atomic E-state index is 13.1. The first kappa shape index (κ1) is 14.2. The lowest BCUT2D eigenvalue weighted by Gasteiger charge is -2.17. The Labute approximate surface area is 125 Å². The summed E-state index contributed by atoms with van der Waals surface area (Å²) in [5.41, 5.74) is 2.13. The number of carbonyl (C=O) groups is 2. The Morgan fingerprint density at radius 2 is 1.86 bits per heavy atom. The molecule has 1 aliphatic heterocycles.